The number of rotatable bonds is 3. The second-order valence-electron chi connectivity index (χ2n) is 6.19. The molecule has 1 aliphatic rings. The summed E-state index contributed by atoms with van der Waals surface area (Å²) in [5.41, 5.74) is 5.04. The number of benzene rings is 2. The maximum absolute atomic E-state index is 12.6. The topological polar surface area (TPSA) is 67.0 Å². The molecule has 4 aromatic rings. The number of aromatic nitrogens is 2. The SMILES string of the molecule is COc1cc[nH]c1/C=C1/C(=O)Nc2ccc3nc(-c4ccccc4)sc3c21. The summed E-state index contributed by atoms with van der Waals surface area (Å²) in [6.45, 7) is 0. The van der Waals surface area contributed by atoms with Crippen LogP contribution in [0.4, 0.5) is 5.69 Å². The van der Waals surface area contributed by atoms with Gasteiger partial charge in [-0.1, -0.05) is 30.3 Å². The number of fused-ring (bicyclic) bond motifs is 3. The first-order chi connectivity index (χ1) is 13.2. The normalized spacial score (nSPS) is 14.6. The van der Waals surface area contributed by atoms with Crippen LogP contribution >= 0.6 is 11.3 Å². The highest BCUT2D eigenvalue weighted by Gasteiger charge is 2.28. The second-order valence-corrected chi connectivity index (χ2v) is 7.19. The van der Waals surface area contributed by atoms with Crippen LogP contribution < -0.4 is 10.1 Å². The van der Waals surface area contributed by atoms with Gasteiger partial charge in [-0.3, -0.25) is 4.79 Å². The Kier molecular flexibility index (Phi) is 3.58. The molecule has 0 unspecified atom stereocenters. The van der Waals surface area contributed by atoms with E-state index >= 15 is 0 Å². The minimum absolute atomic E-state index is 0.121. The van der Waals surface area contributed by atoms with Gasteiger partial charge in [0.2, 0.25) is 0 Å². The molecule has 5 rings (SSSR count). The Hall–Kier alpha value is -3.38. The van der Waals surface area contributed by atoms with Crippen LogP contribution in [0.1, 0.15) is 11.3 Å². The molecule has 2 N–H and O–H groups in total. The van der Waals surface area contributed by atoms with Crippen molar-refractivity contribution in [3.63, 3.8) is 0 Å². The molecule has 3 heterocycles. The lowest BCUT2D eigenvalue weighted by Crippen LogP contribution is -2.03. The van der Waals surface area contributed by atoms with Gasteiger partial charge in [0.15, 0.2) is 0 Å². The molecule has 1 aliphatic heterocycles. The van der Waals surface area contributed by atoms with Crippen molar-refractivity contribution in [1.82, 2.24) is 9.97 Å². The molecule has 2 aromatic carbocycles. The fraction of sp³-hybridized carbons (Fsp3) is 0.0476. The number of hydrogen-bond donors (Lipinski definition) is 2. The smallest absolute Gasteiger partial charge is 0.256 e. The molecule has 1 amide bonds. The van der Waals surface area contributed by atoms with Gasteiger partial charge in [-0.25, -0.2) is 4.98 Å². The lowest BCUT2D eigenvalue weighted by atomic mass is 10.1. The Morgan fingerprint density at radius 2 is 1.96 bits per heavy atom. The molecule has 0 atom stereocenters. The van der Waals surface area contributed by atoms with Gasteiger partial charge in [0.25, 0.3) is 5.91 Å². The van der Waals surface area contributed by atoms with Crippen LogP contribution in [0, 0.1) is 0 Å². The Balaban J connectivity index is 1.71. The highest BCUT2D eigenvalue weighted by molar-refractivity contribution is 7.22. The van der Waals surface area contributed by atoms with Crippen molar-refractivity contribution >= 4 is 44.8 Å². The van der Waals surface area contributed by atoms with Gasteiger partial charge in [-0.15, -0.1) is 11.3 Å². The van der Waals surface area contributed by atoms with Gasteiger partial charge in [-0.2, -0.15) is 0 Å². The summed E-state index contributed by atoms with van der Waals surface area (Å²) in [4.78, 5) is 20.5. The molecule has 6 heteroatoms. The van der Waals surface area contributed by atoms with E-state index in [-0.39, 0.29) is 5.91 Å². The van der Waals surface area contributed by atoms with E-state index in [1.165, 1.54) is 0 Å². The van der Waals surface area contributed by atoms with Gasteiger partial charge >= 0.3 is 0 Å². The van der Waals surface area contributed by atoms with E-state index < -0.39 is 0 Å². The number of H-pyrrole nitrogens is 1. The number of nitrogens with one attached hydrogen (secondary N) is 2. The van der Waals surface area contributed by atoms with E-state index in [0.717, 1.165) is 37.7 Å². The van der Waals surface area contributed by atoms with Crippen LogP contribution in [0.15, 0.2) is 54.7 Å². The zero-order valence-corrected chi connectivity index (χ0v) is 15.3. The summed E-state index contributed by atoms with van der Waals surface area (Å²) in [6.07, 6.45) is 3.63. The summed E-state index contributed by atoms with van der Waals surface area (Å²) >= 11 is 1.60. The average Bonchev–Trinajstić information content (AvgIpc) is 3.39. The summed E-state index contributed by atoms with van der Waals surface area (Å²) in [7, 11) is 1.61. The Morgan fingerprint density at radius 3 is 2.78 bits per heavy atom. The van der Waals surface area contributed by atoms with Crippen molar-refractivity contribution in [3.05, 3.63) is 66.0 Å². The Labute approximate surface area is 159 Å². The van der Waals surface area contributed by atoms with Crippen LogP contribution in [0.3, 0.4) is 0 Å². The fourth-order valence-electron chi connectivity index (χ4n) is 3.31. The number of amides is 1. The zero-order valence-electron chi connectivity index (χ0n) is 14.4. The number of hydrogen-bond acceptors (Lipinski definition) is 4. The van der Waals surface area contributed by atoms with Crippen molar-refractivity contribution in [2.75, 3.05) is 12.4 Å². The Bertz CT molecular complexity index is 1200. The van der Waals surface area contributed by atoms with Gasteiger partial charge in [0.05, 0.1) is 34.3 Å². The predicted octanol–water partition coefficient (Wildman–Crippen LogP) is 4.79. The number of thiazole rings is 1. The standard InChI is InChI=1S/C21H15N3O2S/c1-26-17-9-10-22-16(17)11-13-18-14(23-20(13)25)7-8-15-19(18)27-21(24-15)12-5-3-2-4-6-12/h2-11,22H,1H3,(H,23,25)/b13-11+. The van der Waals surface area contributed by atoms with Crippen molar-refractivity contribution in [2.45, 2.75) is 0 Å². The molecule has 0 radical (unpaired) electrons. The summed E-state index contributed by atoms with van der Waals surface area (Å²) in [5.74, 6) is 0.578. The van der Waals surface area contributed by atoms with E-state index in [9.17, 15) is 4.79 Å². The molecule has 27 heavy (non-hydrogen) atoms. The molecule has 0 bridgehead atoms. The number of anilines is 1. The molecular weight excluding hydrogens is 358 g/mol. The van der Waals surface area contributed by atoms with E-state index in [4.69, 9.17) is 9.72 Å². The first kappa shape index (κ1) is 15.8. The summed E-state index contributed by atoms with van der Waals surface area (Å²) in [6, 6.07) is 15.8. The fourth-order valence-corrected chi connectivity index (χ4v) is 4.44. The minimum Gasteiger partial charge on any atom is -0.495 e. The van der Waals surface area contributed by atoms with Gasteiger partial charge in [-0.05, 0) is 24.3 Å². The van der Waals surface area contributed by atoms with Crippen LogP contribution in [-0.4, -0.2) is 23.0 Å². The van der Waals surface area contributed by atoms with Crippen molar-refractivity contribution in [1.29, 1.82) is 0 Å². The first-order valence-corrected chi connectivity index (χ1v) is 9.30. The van der Waals surface area contributed by atoms with Crippen LogP contribution in [0.5, 0.6) is 5.75 Å². The average molecular weight is 373 g/mol. The number of ether oxygens (including phenoxy) is 1. The zero-order chi connectivity index (χ0) is 18.4. The quantitative estimate of drug-likeness (QED) is 0.507. The lowest BCUT2D eigenvalue weighted by Gasteiger charge is -2.01. The number of carbonyl (C=O) groups excluding carboxylic acids is 1. The largest absolute Gasteiger partial charge is 0.495 e. The summed E-state index contributed by atoms with van der Waals surface area (Å²) in [5, 5.41) is 3.90. The van der Waals surface area contributed by atoms with E-state index in [1.807, 2.05) is 54.6 Å². The number of nitrogens with zero attached hydrogens (tertiary/aromatic N) is 1. The molecular formula is C21H15N3O2S. The van der Waals surface area contributed by atoms with Gasteiger partial charge in [0.1, 0.15) is 10.8 Å². The molecule has 132 valence electrons. The van der Waals surface area contributed by atoms with E-state index in [1.54, 1.807) is 24.6 Å². The van der Waals surface area contributed by atoms with E-state index in [0.29, 0.717) is 11.3 Å². The third-order valence-corrected chi connectivity index (χ3v) is 5.73. The molecule has 0 saturated heterocycles. The third kappa shape index (κ3) is 2.53. The van der Waals surface area contributed by atoms with Crippen LogP contribution in [0.25, 0.3) is 32.4 Å². The van der Waals surface area contributed by atoms with Gasteiger partial charge < -0.3 is 15.0 Å². The van der Waals surface area contributed by atoms with E-state index in [2.05, 4.69) is 10.3 Å². The number of aromatic amines is 1. The lowest BCUT2D eigenvalue weighted by molar-refractivity contribution is -0.110. The first-order valence-electron chi connectivity index (χ1n) is 8.48. The molecule has 5 nitrogen and oxygen atoms in total. The van der Waals surface area contributed by atoms with Crippen molar-refractivity contribution < 1.29 is 9.53 Å². The van der Waals surface area contributed by atoms with Crippen LogP contribution in [-0.2, 0) is 4.79 Å². The van der Waals surface area contributed by atoms with Crippen molar-refractivity contribution in [3.8, 4) is 16.3 Å². The maximum Gasteiger partial charge on any atom is 0.256 e. The second kappa shape index (κ2) is 6.10. The molecule has 2 aromatic heterocycles. The van der Waals surface area contributed by atoms with Crippen molar-refractivity contribution in [2.24, 2.45) is 0 Å². The van der Waals surface area contributed by atoms with Gasteiger partial charge in [0, 0.05) is 17.3 Å². The maximum atomic E-state index is 12.6. The molecule has 0 saturated carbocycles. The minimum atomic E-state index is -0.121. The Morgan fingerprint density at radius 1 is 1.11 bits per heavy atom. The third-order valence-electron chi connectivity index (χ3n) is 4.59. The monoisotopic (exact) mass is 373 g/mol. The van der Waals surface area contributed by atoms with Crippen LogP contribution in [0.2, 0.25) is 0 Å². The number of methoxy groups -OCH3 is 1. The molecule has 0 spiro atoms. The molecule has 0 aliphatic carbocycles. The highest BCUT2D eigenvalue weighted by atomic mass is 32.1. The predicted molar refractivity (Wildman–Crippen MR) is 109 cm³/mol. The number of carbonyl (C=O) groups is 1. The molecule has 0 fully saturated rings. The highest BCUT2D eigenvalue weighted by Crippen LogP contribution is 2.43. The summed E-state index contributed by atoms with van der Waals surface area (Å²) < 4.78 is 6.35.